The lowest BCUT2D eigenvalue weighted by atomic mass is 10.0. The van der Waals surface area contributed by atoms with E-state index in [0.717, 1.165) is 4.90 Å². The van der Waals surface area contributed by atoms with E-state index in [2.05, 4.69) is 5.32 Å². The number of nitro groups is 1. The van der Waals surface area contributed by atoms with E-state index in [9.17, 15) is 24.5 Å². The number of benzene rings is 2. The van der Waals surface area contributed by atoms with Crippen molar-refractivity contribution in [1.82, 2.24) is 4.90 Å². The lowest BCUT2D eigenvalue weighted by Gasteiger charge is -2.12. The summed E-state index contributed by atoms with van der Waals surface area (Å²) in [6, 6.07) is 8.58. The standard InChI is InChI=1S/C19H17N3O6/c1-11-15(4-3-5-16(11)22(26)27)20-17(23)12-6-7-13-14(10-12)19(25)21(18(13)24)8-9-28-2/h3-7,10H,8-9H2,1-2H3,(H,20,23). The molecule has 28 heavy (non-hydrogen) atoms. The first-order valence-electron chi connectivity index (χ1n) is 8.39. The molecule has 0 saturated heterocycles. The van der Waals surface area contributed by atoms with E-state index >= 15 is 0 Å². The van der Waals surface area contributed by atoms with E-state index in [0.29, 0.717) is 11.3 Å². The Bertz CT molecular complexity index is 1000. The summed E-state index contributed by atoms with van der Waals surface area (Å²) in [6.07, 6.45) is 0. The highest BCUT2D eigenvalue weighted by Gasteiger charge is 2.35. The van der Waals surface area contributed by atoms with Crippen LogP contribution in [0.3, 0.4) is 0 Å². The Morgan fingerprint density at radius 1 is 1.18 bits per heavy atom. The van der Waals surface area contributed by atoms with E-state index in [4.69, 9.17) is 4.74 Å². The summed E-state index contributed by atoms with van der Waals surface area (Å²) in [4.78, 5) is 48.9. The number of nitrogens with zero attached hydrogens (tertiary/aromatic N) is 2. The molecule has 2 aromatic rings. The summed E-state index contributed by atoms with van der Waals surface area (Å²) >= 11 is 0. The van der Waals surface area contributed by atoms with E-state index in [1.165, 1.54) is 44.4 Å². The average Bonchev–Trinajstić information content (AvgIpc) is 2.91. The molecule has 1 N–H and O–H groups in total. The SMILES string of the molecule is COCCN1C(=O)c2ccc(C(=O)Nc3cccc([N+](=O)[O-])c3C)cc2C1=O. The molecular weight excluding hydrogens is 366 g/mol. The Balaban J connectivity index is 1.86. The highest BCUT2D eigenvalue weighted by Crippen LogP contribution is 2.27. The maximum Gasteiger partial charge on any atom is 0.274 e. The van der Waals surface area contributed by atoms with Gasteiger partial charge in [-0.25, -0.2) is 0 Å². The molecule has 0 saturated carbocycles. The lowest BCUT2D eigenvalue weighted by molar-refractivity contribution is -0.385. The van der Waals surface area contributed by atoms with Crippen LogP contribution in [0.5, 0.6) is 0 Å². The van der Waals surface area contributed by atoms with Crippen molar-refractivity contribution in [2.45, 2.75) is 6.92 Å². The Labute approximate surface area is 160 Å². The van der Waals surface area contributed by atoms with Crippen LogP contribution in [0.4, 0.5) is 11.4 Å². The summed E-state index contributed by atoms with van der Waals surface area (Å²) in [7, 11) is 1.47. The maximum absolute atomic E-state index is 12.6. The molecule has 0 fully saturated rings. The monoisotopic (exact) mass is 383 g/mol. The first-order chi connectivity index (χ1) is 13.3. The van der Waals surface area contributed by atoms with Gasteiger partial charge in [-0.05, 0) is 31.2 Å². The van der Waals surface area contributed by atoms with E-state index < -0.39 is 22.6 Å². The molecular formula is C19H17N3O6. The highest BCUT2D eigenvalue weighted by molar-refractivity contribution is 6.22. The molecule has 1 aliphatic rings. The van der Waals surface area contributed by atoms with Crippen molar-refractivity contribution >= 4 is 29.1 Å². The molecule has 0 aromatic heterocycles. The number of hydrogen-bond donors (Lipinski definition) is 1. The van der Waals surface area contributed by atoms with E-state index in [1.54, 1.807) is 6.07 Å². The quantitative estimate of drug-likeness (QED) is 0.465. The summed E-state index contributed by atoms with van der Waals surface area (Å²) in [6.45, 7) is 1.87. The van der Waals surface area contributed by atoms with Crippen molar-refractivity contribution in [3.8, 4) is 0 Å². The van der Waals surface area contributed by atoms with Crippen LogP contribution in [0.25, 0.3) is 0 Å². The van der Waals surface area contributed by atoms with Crippen LogP contribution in [-0.2, 0) is 4.74 Å². The first-order valence-corrected chi connectivity index (χ1v) is 8.39. The van der Waals surface area contributed by atoms with E-state index in [-0.39, 0.29) is 35.5 Å². The summed E-state index contributed by atoms with van der Waals surface area (Å²) in [5.74, 6) is -1.46. The molecule has 3 amide bonds. The molecule has 9 heteroatoms. The molecule has 2 aromatic carbocycles. The number of imide groups is 1. The van der Waals surface area contributed by atoms with Crippen molar-refractivity contribution in [3.05, 3.63) is 68.8 Å². The molecule has 1 aliphatic heterocycles. The Kier molecular flexibility index (Phi) is 5.18. The number of amides is 3. The molecule has 144 valence electrons. The maximum atomic E-state index is 12.6. The van der Waals surface area contributed by atoms with Gasteiger partial charge >= 0.3 is 0 Å². The lowest BCUT2D eigenvalue weighted by Crippen LogP contribution is -2.32. The number of fused-ring (bicyclic) bond motifs is 1. The molecule has 0 atom stereocenters. The van der Waals surface area contributed by atoms with Gasteiger partial charge in [0.1, 0.15) is 0 Å². The molecule has 1 heterocycles. The van der Waals surface area contributed by atoms with Crippen molar-refractivity contribution < 1.29 is 24.0 Å². The number of hydrogen-bond acceptors (Lipinski definition) is 6. The number of ether oxygens (including phenoxy) is 1. The second kappa shape index (κ2) is 7.57. The number of carbonyl (C=O) groups is 3. The highest BCUT2D eigenvalue weighted by atomic mass is 16.6. The Morgan fingerprint density at radius 2 is 1.89 bits per heavy atom. The minimum Gasteiger partial charge on any atom is -0.383 e. The van der Waals surface area contributed by atoms with Crippen molar-refractivity contribution in [1.29, 1.82) is 0 Å². The largest absolute Gasteiger partial charge is 0.383 e. The normalized spacial score (nSPS) is 12.9. The topological polar surface area (TPSA) is 119 Å². The number of carbonyl (C=O) groups excluding carboxylic acids is 3. The van der Waals surface area contributed by atoms with Gasteiger partial charge in [0.2, 0.25) is 0 Å². The summed E-state index contributed by atoms with van der Waals surface area (Å²) in [5.41, 5.74) is 1.04. The molecule has 0 spiro atoms. The van der Waals surface area contributed by atoms with Crippen molar-refractivity contribution in [2.24, 2.45) is 0 Å². The van der Waals surface area contributed by atoms with Gasteiger partial charge in [0.15, 0.2) is 0 Å². The third-order valence-electron chi connectivity index (χ3n) is 4.50. The van der Waals surface area contributed by atoms with Crippen LogP contribution in [0, 0.1) is 17.0 Å². The van der Waals surface area contributed by atoms with Crippen LogP contribution in [0.1, 0.15) is 36.6 Å². The van der Waals surface area contributed by atoms with Gasteiger partial charge in [-0.3, -0.25) is 29.4 Å². The van der Waals surface area contributed by atoms with E-state index in [1.807, 2.05) is 0 Å². The number of anilines is 1. The first kappa shape index (κ1) is 19.2. The fourth-order valence-electron chi connectivity index (χ4n) is 2.97. The third-order valence-corrected chi connectivity index (χ3v) is 4.50. The van der Waals surface area contributed by atoms with Crippen LogP contribution in [0.2, 0.25) is 0 Å². The zero-order valence-corrected chi connectivity index (χ0v) is 15.2. The molecule has 3 rings (SSSR count). The zero-order chi connectivity index (χ0) is 20.4. The Hall–Kier alpha value is -3.59. The van der Waals surface area contributed by atoms with Crippen molar-refractivity contribution in [3.63, 3.8) is 0 Å². The van der Waals surface area contributed by atoms with Crippen LogP contribution in [0.15, 0.2) is 36.4 Å². The van der Waals surface area contributed by atoms with Gasteiger partial charge in [-0.15, -0.1) is 0 Å². The van der Waals surface area contributed by atoms with Crippen molar-refractivity contribution in [2.75, 3.05) is 25.6 Å². The molecule has 9 nitrogen and oxygen atoms in total. The second-order valence-corrected chi connectivity index (χ2v) is 6.18. The summed E-state index contributed by atoms with van der Waals surface area (Å²) in [5, 5.41) is 13.7. The van der Waals surface area contributed by atoms with Gasteiger partial charge in [-0.1, -0.05) is 6.07 Å². The average molecular weight is 383 g/mol. The third kappa shape index (κ3) is 3.35. The number of methoxy groups -OCH3 is 1. The second-order valence-electron chi connectivity index (χ2n) is 6.18. The number of rotatable bonds is 6. The zero-order valence-electron chi connectivity index (χ0n) is 15.2. The number of nitrogens with one attached hydrogen (secondary N) is 1. The van der Waals surface area contributed by atoms with Crippen LogP contribution in [-0.4, -0.2) is 47.8 Å². The minimum absolute atomic E-state index is 0.110. The molecule has 0 radical (unpaired) electrons. The molecule has 0 aliphatic carbocycles. The fraction of sp³-hybridized carbons (Fsp3) is 0.211. The Morgan fingerprint density at radius 3 is 2.57 bits per heavy atom. The summed E-state index contributed by atoms with van der Waals surface area (Å²) < 4.78 is 4.91. The van der Waals surface area contributed by atoms with Crippen LogP contribution >= 0.6 is 0 Å². The molecule has 0 unspecified atom stereocenters. The predicted molar refractivity (Wildman–Crippen MR) is 99.5 cm³/mol. The number of nitro benzene ring substituents is 1. The van der Waals surface area contributed by atoms with Gasteiger partial charge in [-0.2, -0.15) is 0 Å². The predicted octanol–water partition coefficient (Wildman–Crippen LogP) is 2.40. The smallest absolute Gasteiger partial charge is 0.274 e. The molecule has 0 bridgehead atoms. The van der Waals surface area contributed by atoms with Gasteiger partial charge in [0, 0.05) is 18.7 Å². The van der Waals surface area contributed by atoms with Gasteiger partial charge < -0.3 is 10.1 Å². The minimum atomic E-state index is -0.540. The van der Waals surface area contributed by atoms with Crippen LogP contribution < -0.4 is 5.32 Å². The van der Waals surface area contributed by atoms with Gasteiger partial charge in [0.25, 0.3) is 23.4 Å². The fourth-order valence-corrected chi connectivity index (χ4v) is 2.97. The van der Waals surface area contributed by atoms with Gasteiger partial charge in [0.05, 0.1) is 40.5 Å².